The van der Waals surface area contributed by atoms with E-state index in [1.807, 2.05) is 30.3 Å². The number of carboxylic acids is 1. The second kappa shape index (κ2) is 9.83. The number of hydrogen-bond donors (Lipinski definition) is 3. The van der Waals surface area contributed by atoms with Crippen molar-refractivity contribution in [3.05, 3.63) is 65.7 Å². The lowest BCUT2D eigenvalue weighted by Gasteiger charge is -2.08. The smallest absolute Gasteiger partial charge is 0.322 e. The Morgan fingerprint density at radius 3 is 2.27 bits per heavy atom. The number of amides is 2. The highest BCUT2D eigenvalue weighted by molar-refractivity contribution is 5.95. The van der Waals surface area contributed by atoms with E-state index in [9.17, 15) is 14.4 Å². The van der Waals surface area contributed by atoms with Gasteiger partial charge in [-0.25, -0.2) is 0 Å². The molecule has 0 atom stereocenters. The van der Waals surface area contributed by atoms with Crippen LogP contribution in [0.15, 0.2) is 54.6 Å². The zero-order valence-corrected chi connectivity index (χ0v) is 14.1. The zero-order chi connectivity index (χ0) is 18.8. The standard InChI is InChI=1S/C19H20N2O5/c22-17(10-11-26-16-4-2-1-3-5-16)20-12-14-6-8-15(9-7-14)19(25)21-13-18(23)24/h1-9H,10-13H2,(H,20,22)(H,21,25)(H,23,24). The fourth-order valence-electron chi connectivity index (χ4n) is 2.10. The molecular formula is C19H20N2O5. The summed E-state index contributed by atoms with van der Waals surface area (Å²) in [7, 11) is 0. The summed E-state index contributed by atoms with van der Waals surface area (Å²) >= 11 is 0. The summed E-state index contributed by atoms with van der Waals surface area (Å²) in [6, 6.07) is 15.8. The van der Waals surface area contributed by atoms with Crippen molar-refractivity contribution in [1.82, 2.24) is 10.6 Å². The number of carbonyl (C=O) groups is 3. The normalized spacial score (nSPS) is 10.0. The minimum absolute atomic E-state index is 0.135. The van der Waals surface area contributed by atoms with Gasteiger partial charge in [-0.2, -0.15) is 0 Å². The highest BCUT2D eigenvalue weighted by atomic mass is 16.5. The fraction of sp³-hybridized carbons (Fsp3) is 0.211. The predicted octanol–water partition coefficient (Wildman–Crippen LogP) is 1.59. The van der Waals surface area contributed by atoms with Crippen molar-refractivity contribution in [2.24, 2.45) is 0 Å². The molecule has 0 radical (unpaired) electrons. The van der Waals surface area contributed by atoms with Crippen LogP contribution in [-0.2, 0) is 16.1 Å². The van der Waals surface area contributed by atoms with Crippen LogP contribution in [0.2, 0.25) is 0 Å². The molecule has 0 heterocycles. The van der Waals surface area contributed by atoms with Crippen LogP contribution in [-0.4, -0.2) is 36.0 Å². The van der Waals surface area contributed by atoms with Gasteiger partial charge in [0.1, 0.15) is 12.3 Å². The quantitative estimate of drug-likeness (QED) is 0.633. The molecule has 2 amide bonds. The maximum atomic E-state index is 11.8. The number of hydrogen-bond acceptors (Lipinski definition) is 4. The molecule has 136 valence electrons. The number of para-hydroxylation sites is 1. The molecule has 0 aliphatic carbocycles. The molecule has 7 nitrogen and oxygen atoms in total. The third kappa shape index (κ3) is 6.64. The lowest BCUT2D eigenvalue weighted by Crippen LogP contribution is -2.29. The summed E-state index contributed by atoms with van der Waals surface area (Å²) in [5.41, 5.74) is 1.19. The van der Waals surface area contributed by atoms with E-state index in [1.165, 1.54) is 0 Å². The Hall–Kier alpha value is -3.35. The summed E-state index contributed by atoms with van der Waals surface area (Å²) in [6.07, 6.45) is 0.241. The van der Waals surface area contributed by atoms with Crippen molar-refractivity contribution in [3.8, 4) is 5.75 Å². The second-order valence-electron chi connectivity index (χ2n) is 5.46. The molecule has 0 saturated heterocycles. The SMILES string of the molecule is O=C(O)CNC(=O)c1ccc(CNC(=O)CCOc2ccccc2)cc1. The maximum Gasteiger partial charge on any atom is 0.322 e. The molecule has 0 unspecified atom stereocenters. The summed E-state index contributed by atoms with van der Waals surface area (Å²) in [4.78, 5) is 34.0. The first-order valence-corrected chi connectivity index (χ1v) is 8.08. The van der Waals surface area contributed by atoms with Gasteiger partial charge in [-0.05, 0) is 29.8 Å². The van der Waals surface area contributed by atoms with Crippen LogP contribution in [0.4, 0.5) is 0 Å². The number of ether oxygens (including phenoxy) is 1. The van der Waals surface area contributed by atoms with E-state index >= 15 is 0 Å². The van der Waals surface area contributed by atoms with Gasteiger partial charge in [0.2, 0.25) is 5.91 Å². The van der Waals surface area contributed by atoms with E-state index in [0.717, 1.165) is 11.3 Å². The molecule has 0 spiro atoms. The van der Waals surface area contributed by atoms with Crippen molar-refractivity contribution in [2.45, 2.75) is 13.0 Å². The Balaban J connectivity index is 1.70. The van der Waals surface area contributed by atoms with Gasteiger partial charge >= 0.3 is 5.97 Å². The maximum absolute atomic E-state index is 11.8. The Kier molecular flexibility index (Phi) is 7.17. The second-order valence-corrected chi connectivity index (χ2v) is 5.46. The van der Waals surface area contributed by atoms with Crippen molar-refractivity contribution < 1.29 is 24.2 Å². The Labute approximate surface area is 151 Å². The molecule has 26 heavy (non-hydrogen) atoms. The number of rotatable bonds is 9. The van der Waals surface area contributed by atoms with Gasteiger partial charge < -0.3 is 20.5 Å². The van der Waals surface area contributed by atoms with E-state index in [-0.39, 0.29) is 12.3 Å². The third-order valence-corrected chi connectivity index (χ3v) is 3.45. The molecule has 2 rings (SSSR count). The molecule has 3 N–H and O–H groups in total. The lowest BCUT2D eigenvalue weighted by molar-refractivity contribution is -0.135. The molecule has 0 saturated carbocycles. The highest BCUT2D eigenvalue weighted by Gasteiger charge is 2.07. The van der Waals surface area contributed by atoms with Crippen LogP contribution >= 0.6 is 0 Å². The van der Waals surface area contributed by atoms with Gasteiger partial charge in [0.15, 0.2) is 0 Å². The summed E-state index contributed by atoms with van der Waals surface area (Å²) < 4.78 is 5.46. The molecule has 7 heteroatoms. The van der Waals surface area contributed by atoms with Gasteiger partial charge in [-0.1, -0.05) is 30.3 Å². The minimum Gasteiger partial charge on any atom is -0.493 e. The van der Waals surface area contributed by atoms with Crippen LogP contribution in [0.25, 0.3) is 0 Å². The van der Waals surface area contributed by atoms with Crippen LogP contribution < -0.4 is 15.4 Å². The van der Waals surface area contributed by atoms with Gasteiger partial charge in [0.05, 0.1) is 13.0 Å². The van der Waals surface area contributed by atoms with Crippen LogP contribution in [0.5, 0.6) is 5.75 Å². The third-order valence-electron chi connectivity index (χ3n) is 3.45. The molecule has 0 aromatic heterocycles. The van der Waals surface area contributed by atoms with Crippen LogP contribution in [0, 0.1) is 0 Å². The zero-order valence-electron chi connectivity index (χ0n) is 14.1. The Bertz CT molecular complexity index is 744. The lowest BCUT2D eigenvalue weighted by atomic mass is 10.1. The van der Waals surface area contributed by atoms with Crippen LogP contribution in [0.1, 0.15) is 22.3 Å². The fourth-order valence-corrected chi connectivity index (χ4v) is 2.10. The van der Waals surface area contributed by atoms with Crippen LogP contribution in [0.3, 0.4) is 0 Å². The summed E-state index contributed by atoms with van der Waals surface area (Å²) in [5, 5.41) is 13.6. The first-order chi connectivity index (χ1) is 12.5. The molecule has 0 fully saturated rings. The molecule has 0 aliphatic rings. The average Bonchev–Trinajstić information content (AvgIpc) is 2.65. The van der Waals surface area contributed by atoms with Crippen molar-refractivity contribution in [3.63, 3.8) is 0 Å². The summed E-state index contributed by atoms with van der Waals surface area (Å²) in [6.45, 7) is 0.196. The highest BCUT2D eigenvalue weighted by Crippen LogP contribution is 2.08. The van der Waals surface area contributed by atoms with Crippen molar-refractivity contribution >= 4 is 17.8 Å². The number of aliphatic carboxylic acids is 1. The van der Waals surface area contributed by atoms with Gasteiger partial charge in [0.25, 0.3) is 5.91 Å². The minimum atomic E-state index is -1.10. The molecule has 2 aromatic carbocycles. The molecule has 2 aromatic rings. The molecule has 0 bridgehead atoms. The topological polar surface area (TPSA) is 105 Å². The van der Waals surface area contributed by atoms with E-state index < -0.39 is 18.4 Å². The Morgan fingerprint density at radius 2 is 1.62 bits per heavy atom. The summed E-state index contributed by atoms with van der Waals surface area (Å²) in [5.74, 6) is -0.976. The van der Waals surface area contributed by atoms with Gasteiger partial charge in [-0.15, -0.1) is 0 Å². The van der Waals surface area contributed by atoms with Gasteiger partial charge in [-0.3, -0.25) is 14.4 Å². The van der Waals surface area contributed by atoms with Gasteiger partial charge in [0, 0.05) is 12.1 Å². The first-order valence-electron chi connectivity index (χ1n) is 8.08. The van der Waals surface area contributed by atoms with E-state index in [2.05, 4.69) is 10.6 Å². The number of benzene rings is 2. The number of carboxylic acid groups (broad SMARTS) is 1. The molecule has 0 aliphatic heterocycles. The predicted molar refractivity (Wildman–Crippen MR) is 94.8 cm³/mol. The van der Waals surface area contributed by atoms with Crippen molar-refractivity contribution in [1.29, 1.82) is 0 Å². The molecular weight excluding hydrogens is 336 g/mol. The monoisotopic (exact) mass is 356 g/mol. The first kappa shape index (κ1) is 19.0. The van der Waals surface area contributed by atoms with Crippen molar-refractivity contribution in [2.75, 3.05) is 13.2 Å². The number of nitrogens with one attached hydrogen (secondary N) is 2. The number of carbonyl (C=O) groups excluding carboxylic acids is 2. The van der Waals surface area contributed by atoms with E-state index in [0.29, 0.717) is 18.7 Å². The van der Waals surface area contributed by atoms with E-state index in [1.54, 1.807) is 24.3 Å². The van der Waals surface area contributed by atoms with E-state index in [4.69, 9.17) is 9.84 Å². The Morgan fingerprint density at radius 1 is 0.923 bits per heavy atom. The largest absolute Gasteiger partial charge is 0.493 e. The average molecular weight is 356 g/mol.